The molecule has 1 aromatic carbocycles. The summed E-state index contributed by atoms with van der Waals surface area (Å²) in [6, 6.07) is 6.76. The molecule has 0 atom stereocenters. The van der Waals surface area contributed by atoms with Crippen molar-refractivity contribution in [2.45, 2.75) is 46.6 Å². The molecule has 2 amide bonds. The highest BCUT2D eigenvalue weighted by atomic mass is 16.5. The van der Waals surface area contributed by atoms with Crippen LogP contribution in [0.3, 0.4) is 0 Å². The summed E-state index contributed by atoms with van der Waals surface area (Å²) in [4.78, 5) is 23.6. The topological polar surface area (TPSA) is 67.4 Å². The monoisotopic (exact) mass is 320 g/mol. The fourth-order valence-corrected chi connectivity index (χ4v) is 1.82. The third-order valence-corrected chi connectivity index (χ3v) is 3.02. The van der Waals surface area contributed by atoms with Gasteiger partial charge >= 0.3 is 0 Å². The van der Waals surface area contributed by atoms with Crippen LogP contribution >= 0.6 is 0 Å². The maximum Gasteiger partial charge on any atom is 0.257 e. The maximum atomic E-state index is 12.0. The van der Waals surface area contributed by atoms with Crippen molar-refractivity contribution in [2.24, 2.45) is 5.92 Å². The zero-order valence-electron chi connectivity index (χ0n) is 14.7. The Morgan fingerprint density at radius 1 is 1.13 bits per heavy atom. The number of amides is 2. The quantitative estimate of drug-likeness (QED) is 0.812. The molecule has 0 spiro atoms. The predicted molar refractivity (Wildman–Crippen MR) is 91.6 cm³/mol. The van der Waals surface area contributed by atoms with Gasteiger partial charge in [-0.2, -0.15) is 0 Å². The fraction of sp³-hybridized carbons (Fsp3) is 0.556. The van der Waals surface area contributed by atoms with Gasteiger partial charge in [0.05, 0.1) is 0 Å². The highest BCUT2D eigenvalue weighted by Gasteiger charge is 2.15. The Morgan fingerprint density at radius 3 is 2.26 bits per heavy atom. The molecular formula is C18H28N2O3. The largest absolute Gasteiger partial charge is 0.484 e. The molecule has 0 aliphatic rings. The number of nitrogens with one attached hydrogen (secondary N) is 2. The van der Waals surface area contributed by atoms with E-state index in [9.17, 15) is 9.59 Å². The summed E-state index contributed by atoms with van der Waals surface area (Å²) in [5, 5.41) is 5.71. The zero-order valence-corrected chi connectivity index (χ0v) is 14.7. The molecule has 128 valence electrons. The Hall–Kier alpha value is -2.04. The standard InChI is InChI=1S/C18H28N2O3/c1-13(2)10-11-19-16(21)12-23-15-8-6-14(7-9-15)17(22)20-18(3,4)5/h6-9,13H,10-12H2,1-5H3,(H,19,21)(H,20,22). The lowest BCUT2D eigenvalue weighted by atomic mass is 10.1. The summed E-state index contributed by atoms with van der Waals surface area (Å²) < 4.78 is 5.42. The van der Waals surface area contributed by atoms with Crippen LogP contribution in [0.1, 0.15) is 51.4 Å². The van der Waals surface area contributed by atoms with E-state index in [1.807, 2.05) is 20.8 Å². The van der Waals surface area contributed by atoms with Crippen molar-refractivity contribution in [3.63, 3.8) is 0 Å². The molecule has 0 bridgehead atoms. The average molecular weight is 320 g/mol. The van der Waals surface area contributed by atoms with Crippen molar-refractivity contribution in [1.82, 2.24) is 10.6 Å². The first-order valence-electron chi connectivity index (χ1n) is 7.99. The van der Waals surface area contributed by atoms with Crippen LogP contribution in [0.2, 0.25) is 0 Å². The second-order valence-corrected chi connectivity index (χ2v) is 7.05. The zero-order chi connectivity index (χ0) is 17.5. The third-order valence-electron chi connectivity index (χ3n) is 3.02. The smallest absolute Gasteiger partial charge is 0.257 e. The molecule has 0 saturated carbocycles. The number of carbonyl (C=O) groups excluding carboxylic acids is 2. The molecule has 0 fully saturated rings. The van der Waals surface area contributed by atoms with E-state index in [0.717, 1.165) is 6.42 Å². The summed E-state index contributed by atoms with van der Waals surface area (Å²) in [5.41, 5.74) is 0.286. The van der Waals surface area contributed by atoms with E-state index in [0.29, 0.717) is 23.8 Å². The number of hydrogen-bond donors (Lipinski definition) is 2. The Bertz CT molecular complexity index is 516. The summed E-state index contributed by atoms with van der Waals surface area (Å²) in [6.07, 6.45) is 0.948. The van der Waals surface area contributed by atoms with E-state index in [-0.39, 0.29) is 24.0 Å². The van der Waals surface area contributed by atoms with Gasteiger partial charge in [0, 0.05) is 17.6 Å². The molecule has 0 unspecified atom stereocenters. The van der Waals surface area contributed by atoms with E-state index < -0.39 is 0 Å². The second kappa shape index (κ2) is 8.56. The molecule has 0 aliphatic heterocycles. The summed E-state index contributed by atoms with van der Waals surface area (Å²) >= 11 is 0. The van der Waals surface area contributed by atoms with Crippen LogP contribution in [0.5, 0.6) is 5.75 Å². The van der Waals surface area contributed by atoms with Gasteiger partial charge in [-0.3, -0.25) is 9.59 Å². The van der Waals surface area contributed by atoms with Gasteiger partial charge in [0.15, 0.2) is 6.61 Å². The van der Waals surface area contributed by atoms with E-state index in [1.165, 1.54) is 0 Å². The van der Waals surface area contributed by atoms with Crippen LogP contribution in [-0.2, 0) is 4.79 Å². The Morgan fingerprint density at radius 2 is 1.74 bits per heavy atom. The number of benzene rings is 1. The molecule has 1 aromatic rings. The van der Waals surface area contributed by atoms with Gasteiger partial charge in [-0.15, -0.1) is 0 Å². The van der Waals surface area contributed by atoms with Crippen LogP contribution in [0.4, 0.5) is 0 Å². The van der Waals surface area contributed by atoms with E-state index in [1.54, 1.807) is 24.3 Å². The molecule has 1 rings (SSSR count). The lowest BCUT2D eigenvalue weighted by Crippen LogP contribution is -2.40. The highest BCUT2D eigenvalue weighted by molar-refractivity contribution is 5.94. The number of hydrogen-bond acceptors (Lipinski definition) is 3. The normalized spacial score (nSPS) is 11.2. The number of carbonyl (C=O) groups is 2. The third kappa shape index (κ3) is 8.24. The van der Waals surface area contributed by atoms with Crippen molar-refractivity contribution >= 4 is 11.8 Å². The first kappa shape index (κ1) is 19.0. The summed E-state index contributed by atoms with van der Waals surface area (Å²) in [6.45, 7) is 10.7. The van der Waals surface area contributed by atoms with Crippen LogP contribution in [-0.4, -0.2) is 30.5 Å². The Kier molecular flexibility index (Phi) is 7.07. The van der Waals surface area contributed by atoms with Crippen molar-refractivity contribution in [3.8, 4) is 5.75 Å². The van der Waals surface area contributed by atoms with Gasteiger partial charge in [0.25, 0.3) is 11.8 Å². The molecule has 5 heteroatoms. The molecular weight excluding hydrogens is 292 g/mol. The van der Waals surface area contributed by atoms with E-state index in [4.69, 9.17) is 4.74 Å². The lowest BCUT2D eigenvalue weighted by molar-refractivity contribution is -0.123. The van der Waals surface area contributed by atoms with Gasteiger partial charge < -0.3 is 15.4 Å². The van der Waals surface area contributed by atoms with Crippen LogP contribution < -0.4 is 15.4 Å². The Balaban J connectivity index is 2.42. The second-order valence-electron chi connectivity index (χ2n) is 7.05. The van der Waals surface area contributed by atoms with Crippen molar-refractivity contribution in [3.05, 3.63) is 29.8 Å². The molecule has 23 heavy (non-hydrogen) atoms. The van der Waals surface area contributed by atoms with E-state index in [2.05, 4.69) is 24.5 Å². The highest BCUT2D eigenvalue weighted by Crippen LogP contribution is 2.13. The van der Waals surface area contributed by atoms with E-state index >= 15 is 0 Å². The minimum atomic E-state index is -0.277. The van der Waals surface area contributed by atoms with Gasteiger partial charge in [-0.1, -0.05) is 13.8 Å². The first-order chi connectivity index (χ1) is 10.7. The molecule has 0 saturated heterocycles. The van der Waals surface area contributed by atoms with Crippen molar-refractivity contribution in [2.75, 3.05) is 13.2 Å². The molecule has 0 aliphatic carbocycles. The van der Waals surface area contributed by atoms with Crippen LogP contribution in [0.25, 0.3) is 0 Å². The fourth-order valence-electron chi connectivity index (χ4n) is 1.82. The van der Waals surface area contributed by atoms with Gasteiger partial charge in [0.1, 0.15) is 5.75 Å². The van der Waals surface area contributed by atoms with Gasteiger partial charge in [-0.25, -0.2) is 0 Å². The molecule has 0 aromatic heterocycles. The Labute approximate surface area is 138 Å². The minimum Gasteiger partial charge on any atom is -0.484 e. The maximum absolute atomic E-state index is 12.0. The number of ether oxygens (including phenoxy) is 1. The van der Waals surface area contributed by atoms with Crippen molar-refractivity contribution in [1.29, 1.82) is 0 Å². The summed E-state index contributed by atoms with van der Waals surface area (Å²) in [5.74, 6) is 0.856. The molecule has 0 radical (unpaired) electrons. The summed E-state index contributed by atoms with van der Waals surface area (Å²) in [7, 11) is 0. The minimum absolute atomic E-state index is 0.0222. The van der Waals surface area contributed by atoms with Crippen molar-refractivity contribution < 1.29 is 14.3 Å². The molecule has 0 heterocycles. The SMILES string of the molecule is CC(C)CCNC(=O)COc1ccc(C(=O)NC(C)(C)C)cc1. The van der Waals surface area contributed by atoms with Gasteiger partial charge in [-0.05, 0) is 57.4 Å². The lowest BCUT2D eigenvalue weighted by Gasteiger charge is -2.20. The predicted octanol–water partition coefficient (Wildman–Crippen LogP) is 2.76. The number of rotatable bonds is 7. The molecule has 5 nitrogen and oxygen atoms in total. The first-order valence-corrected chi connectivity index (χ1v) is 7.99. The van der Waals surface area contributed by atoms with Gasteiger partial charge in [0.2, 0.25) is 0 Å². The average Bonchev–Trinajstić information content (AvgIpc) is 2.43. The molecule has 2 N–H and O–H groups in total. The van der Waals surface area contributed by atoms with Crippen LogP contribution in [0.15, 0.2) is 24.3 Å². The van der Waals surface area contributed by atoms with Crippen LogP contribution in [0, 0.1) is 5.92 Å².